The maximum atomic E-state index is 13.5. The van der Waals surface area contributed by atoms with Gasteiger partial charge in [-0.15, -0.1) is 0 Å². The molecule has 2 aromatic carbocycles. The van der Waals surface area contributed by atoms with Crippen LogP contribution in [0.25, 0.3) is 10.8 Å². The molecule has 6 nitrogen and oxygen atoms in total. The average Bonchev–Trinajstić information content (AvgIpc) is 2.56. The molecule has 0 saturated heterocycles. The van der Waals surface area contributed by atoms with Gasteiger partial charge in [0.25, 0.3) is 0 Å². The fourth-order valence-electron chi connectivity index (χ4n) is 2.35. The van der Waals surface area contributed by atoms with Gasteiger partial charge < -0.3 is 20.8 Å². The average molecular weight is 370 g/mol. The molecule has 0 radical (unpaired) electrons. The number of carbonyl (C=O) groups excluding carboxylic acids is 1. The summed E-state index contributed by atoms with van der Waals surface area (Å²) in [4.78, 5) is 22.6. The van der Waals surface area contributed by atoms with Crippen LogP contribution in [0.2, 0.25) is 0 Å². The Labute approximate surface area is 146 Å². The lowest BCUT2D eigenvalue weighted by Crippen LogP contribution is -2.51. The van der Waals surface area contributed by atoms with Gasteiger partial charge in [-0.3, -0.25) is 0 Å². The Bertz CT molecular complexity index is 816. The van der Waals surface area contributed by atoms with Gasteiger partial charge in [0.2, 0.25) is 0 Å². The summed E-state index contributed by atoms with van der Waals surface area (Å²) in [5.41, 5.74) is -2.44. The number of amides is 2. The van der Waals surface area contributed by atoms with E-state index in [0.717, 1.165) is 6.92 Å². The van der Waals surface area contributed by atoms with E-state index in [1.807, 2.05) is 5.32 Å². The van der Waals surface area contributed by atoms with Crippen LogP contribution in [0.5, 0.6) is 0 Å². The minimum atomic E-state index is -4.78. The first-order valence-corrected chi connectivity index (χ1v) is 7.57. The summed E-state index contributed by atoms with van der Waals surface area (Å²) in [6.07, 6.45) is -4.78. The monoisotopic (exact) mass is 370 g/mol. The lowest BCUT2D eigenvalue weighted by molar-refractivity contribution is -0.157. The molecule has 0 saturated carbocycles. The van der Waals surface area contributed by atoms with Gasteiger partial charge in [-0.2, -0.15) is 13.2 Å². The molecule has 2 unspecified atom stereocenters. The third-order valence-corrected chi connectivity index (χ3v) is 3.79. The highest BCUT2D eigenvalue weighted by atomic mass is 19.4. The van der Waals surface area contributed by atoms with E-state index in [-0.39, 0.29) is 5.56 Å². The first kappa shape index (κ1) is 19.5. The molecular weight excluding hydrogens is 353 g/mol. The number of halogens is 3. The first-order chi connectivity index (χ1) is 12.0. The smallest absolute Gasteiger partial charge is 0.412 e. The Morgan fingerprint density at radius 3 is 2.35 bits per heavy atom. The van der Waals surface area contributed by atoms with Crippen LogP contribution in [0.4, 0.5) is 18.0 Å². The van der Waals surface area contributed by atoms with Crippen LogP contribution in [-0.2, 0) is 4.79 Å². The Hall–Kier alpha value is -2.81. The number of aliphatic carboxylic acids is 1. The number of aliphatic hydroxyl groups is 1. The SMILES string of the molecule is CC(O)(CNC(=O)NC(c1cccc2ccccc12)C(F)(F)F)C(=O)O. The summed E-state index contributed by atoms with van der Waals surface area (Å²) < 4.78 is 40.5. The standard InChI is InChI=1S/C17H17F3N2O4/c1-16(26,14(23)24)9-21-15(25)22-13(17(18,19)20)12-8-4-6-10-5-2-3-7-11(10)12/h2-8,13,26H,9H2,1H3,(H,23,24)(H2,21,22,25). The van der Waals surface area contributed by atoms with Crippen LogP contribution in [0.3, 0.4) is 0 Å². The van der Waals surface area contributed by atoms with E-state index < -0.39 is 36.4 Å². The maximum Gasteiger partial charge on any atom is 0.412 e. The number of carboxylic acid groups (broad SMARTS) is 1. The van der Waals surface area contributed by atoms with Crippen molar-refractivity contribution in [3.05, 3.63) is 48.0 Å². The molecule has 2 rings (SSSR count). The summed E-state index contributed by atoms with van der Waals surface area (Å²) in [6.45, 7) is 0.163. The maximum absolute atomic E-state index is 13.5. The zero-order valence-electron chi connectivity index (χ0n) is 13.7. The van der Waals surface area contributed by atoms with Crippen LogP contribution in [0.1, 0.15) is 18.5 Å². The van der Waals surface area contributed by atoms with Crippen molar-refractivity contribution in [3.8, 4) is 0 Å². The molecule has 26 heavy (non-hydrogen) atoms. The molecule has 0 spiro atoms. The van der Waals surface area contributed by atoms with E-state index in [2.05, 4.69) is 0 Å². The molecule has 0 aliphatic heterocycles. The van der Waals surface area contributed by atoms with Crippen LogP contribution in [-0.4, -0.2) is 40.5 Å². The van der Waals surface area contributed by atoms with Crippen molar-refractivity contribution >= 4 is 22.8 Å². The zero-order chi connectivity index (χ0) is 19.5. The largest absolute Gasteiger partial charge is 0.479 e. The second-order valence-corrected chi connectivity index (χ2v) is 5.95. The van der Waals surface area contributed by atoms with Crippen molar-refractivity contribution in [2.75, 3.05) is 6.54 Å². The molecule has 2 aromatic rings. The van der Waals surface area contributed by atoms with E-state index in [9.17, 15) is 27.9 Å². The Morgan fingerprint density at radius 2 is 1.73 bits per heavy atom. The van der Waals surface area contributed by atoms with Crippen molar-refractivity contribution in [1.82, 2.24) is 10.6 Å². The van der Waals surface area contributed by atoms with E-state index >= 15 is 0 Å². The van der Waals surface area contributed by atoms with Gasteiger partial charge in [-0.25, -0.2) is 9.59 Å². The van der Waals surface area contributed by atoms with Gasteiger partial charge >= 0.3 is 18.2 Å². The number of carboxylic acids is 1. The molecule has 0 heterocycles. The Kier molecular flexibility index (Phi) is 5.41. The Balaban J connectivity index is 2.26. The fraction of sp³-hybridized carbons (Fsp3) is 0.294. The topological polar surface area (TPSA) is 98.7 Å². The normalized spacial score (nSPS) is 15.1. The van der Waals surface area contributed by atoms with Crippen molar-refractivity contribution < 1.29 is 33.0 Å². The lowest BCUT2D eigenvalue weighted by atomic mass is 9.98. The molecule has 140 valence electrons. The number of fused-ring (bicyclic) bond motifs is 1. The van der Waals surface area contributed by atoms with Crippen molar-refractivity contribution in [3.63, 3.8) is 0 Å². The molecule has 0 fully saturated rings. The zero-order valence-corrected chi connectivity index (χ0v) is 13.7. The fourth-order valence-corrected chi connectivity index (χ4v) is 2.35. The minimum Gasteiger partial charge on any atom is -0.479 e. The van der Waals surface area contributed by atoms with Crippen molar-refractivity contribution in [2.24, 2.45) is 0 Å². The number of hydrogen-bond acceptors (Lipinski definition) is 3. The quantitative estimate of drug-likeness (QED) is 0.650. The molecule has 2 amide bonds. The van der Waals surface area contributed by atoms with Gasteiger partial charge in [0, 0.05) is 0 Å². The molecule has 0 aliphatic carbocycles. The number of urea groups is 1. The van der Waals surface area contributed by atoms with Crippen LogP contribution in [0, 0.1) is 0 Å². The van der Waals surface area contributed by atoms with E-state index in [1.165, 1.54) is 18.2 Å². The highest BCUT2D eigenvalue weighted by molar-refractivity contribution is 5.87. The predicted molar refractivity (Wildman–Crippen MR) is 87.5 cm³/mol. The highest BCUT2D eigenvalue weighted by Crippen LogP contribution is 2.36. The van der Waals surface area contributed by atoms with Gasteiger partial charge in [0.1, 0.15) is 0 Å². The number of alkyl halides is 3. The molecule has 4 N–H and O–H groups in total. The molecule has 0 aromatic heterocycles. The second-order valence-electron chi connectivity index (χ2n) is 5.95. The molecule has 0 bridgehead atoms. The first-order valence-electron chi connectivity index (χ1n) is 7.57. The number of rotatable bonds is 5. The molecular formula is C17H17F3N2O4. The number of carbonyl (C=O) groups is 2. The number of hydrogen-bond donors (Lipinski definition) is 4. The summed E-state index contributed by atoms with van der Waals surface area (Å²) in [7, 11) is 0. The highest BCUT2D eigenvalue weighted by Gasteiger charge is 2.43. The summed E-state index contributed by atoms with van der Waals surface area (Å²) in [5, 5.41) is 22.9. The van der Waals surface area contributed by atoms with Crippen molar-refractivity contribution in [1.29, 1.82) is 0 Å². The minimum absolute atomic E-state index is 0.143. The van der Waals surface area contributed by atoms with Crippen LogP contribution in [0.15, 0.2) is 42.5 Å². The van der Waals surface area contributed by atoms with Crippen LogP contribution < -0.4 is 10.6 Å². The van der Waals surface area contributed by atoms with Gasteiger partial charge in [0.15, 0.2) is 11.6 Å². The van der Waals surface area contributed by atoms with Gasteiger partial charge in [0.05, 0.1) is 6.54 Å². The third-order valence-electron chi connectivity index (χ3n) is 3.79. The van der Waals surface area contributed by atoms with Crippen molar-refractivity contribution in [2.45, 2.75) is 24.7 Å². The number of nitrogens with one attached hydrogen (secondary N) is 2. The van der Waals surface area contributed by atoms with Gasteiger partial charge in [-0.1, -0.05) is 42.5 Å². The molecule has 2 atom stereocenters. The lowest BCUT2D eigenvalue weighted by Gasteiger charge is -2.25. The molecule has 9 heteroatoms. The van der Waals surface area contributed by atoms with Gasteiger partial charge in [-0.05, 0) is 23.3 Å². The predicted octanol–water partition coefficient (Wildman–Crippen LogP) is 2.58. The number of benzene rings is 2. The summed E-state index contributed by atoms with van der Waals surface area (Å²) >= 11 is 0. The molecule has 0 aliphatic rings. The van der Waals surface area contributed by atoms with E-state index in [4.69, 9.17) is 5.11 Å². The van der Waals surface area contributed by atoms with E-state index in [1.54, 1.807) is 29.6 Å². The third kappa shape index (κ3) is 4.42. The van der Waals surface area contributed by atoms with Crippen LogP contribution >= 0.6 is 0 Å². The van der Waals surface area contributed by atoms with E-state index in [0.29, 0.717) is 10.8 Å². The second kappa shape index (κ2) is 7.20. The summed E-state index contributed by atoms with van der Waals surface area (Å²) in [5.74, 6) is -1.61. The Morgan fingerprint density at radius 1 is 1.12 bits per heavy atom. The summed E-state index contributed by atoms with van der Waals surface area (Å²) in [6, 6.07) is 7.24.